The second kappa shape index (κ2) is 9.17. The van der Waals surface area contributed by atoms with Gasteiger partial charge >= 0.3 is 0 Å². The SMILES string of the molecule is NC1N=C(COc2cccc3c2CN(C2CCC(=O)CC2=O)C3=O)C=C1CN1CCOCC1. The van der Waals surface area contributed by atoms with Crippen LogP contribution in [0.3, 0.4) is 0 Å². The molecule has 4 aliphatic rings. The van der Waals surface area contributed by atoms with Crippen LogP contribution in [0, 0.1) is 0 Å². The number of hydrogen-bond donors (Lipinski definition) is 1. The normalized spacial score (nSPS) is 25.8. The van der Waals surface area contributed by atoms with Gasteiger partial charge in [-0.3, -0.25) is 24.3 Å². The summed E-state index contributed by atoms with van der Waals surface area (Å²) in [6.07, 6.45) is 2.26. The highest BCUT2D eigenvalue weighted by Crippen LogP contribution is 2.34. The van der Waals surface area contributed by atoms with Gasteiger partial charge in [-0.15, -0.1) is 0 Å². The number of fused-ring (bicyclic) bond motifs is 1. The molecular weight excluding hydrogens is 424 g/mol. The zero-order valence-corrected chi connectivity index (χ0v) is 18.5. The molecule has 3 heterocycles. The molecule has 0 bridgehead atoms. The van der Waals surface area contributed by atoms with Gasteiger partial charge < -0.3 is 20.1 Å². The van der Waals surface area contributed by atoms with Crippen LogP contribution >= 0.6 is 0 Å². The molecule has 1 saturated carbocycles. The molecule has 2 N–H and O–H groups in total. The minimum absolute atomic E-state index is 0.0546. The Kier molecular flexibility index (Phi) is 6.09. The molecule has 2 atom stereocenters. The number of ether oxygens (including phenoxy) is 2. The van der Waals surface area contributed by atoms with Crippen molar-refractivity contribution in [3.63, 3.8) is 0 Å². The summed E-state index contributed by atoms with van der Waals surface area (Å²) in [5.41, 5.74) is 9.35. The first kappa shape index (κ1) is 21.9. The number of aliphatic imine (C=N–C) groups is 1. The highest BCUT2D eigenvalue weighted by atomic mass is 16.5. The number of nitrogens with zero attached hydrogens (tertiary/aromatic N) is 3. The zero-order valence-electron chi connectivity index (χ0n) is 18.5. The number of morpholine rings is 1. The number of rotatable bonds is 6. The molecule has 5 rings (SSSR count). The van der Waals surface area contributed by atoms with Gasteiger partial charge in [0, 0.05) is 37.2 Å². The first-order valence-corrected chi connectivity index (χ1v) is 11.4. The Morgan fingerprint density at radius 1 is 1.18 bits per heavy atom. The second-order valence-corrected chi connectivity index (χ2v) is 8.91. The lowest BCUT2D eigenvalue weighted by molar-refractivity contribution is -0.133. The van der Waals surface area contributed by atoms with E-state index in [9.17, 15) is 14.4 Å². The first-order chi connectivity index (χ1) is 16.0. The molecule has 3 aliphatic heterocycles. The molecule has 2 unspecified atom stereocenters. The van der Waals surface area contributed by atoms with Gasteiger partial charge in [0.25, 0.3) is 5.91 Å². The van der Waals surface area contributed by atoms with Gasteiger partial charge in [-0.1, -0.05) is 6.07 Å². The predicted molar refractivity (Wildman–Crippen MR) is 120 cm³/mol. The Hall–Kier alpha value is -2.88. The largest absolute Gasteiger partial charge is 0.487 e. The van der Waals surface area contributed by atoms with Crippen molar-refractivity contribution < 1.29 is 23.9 Å². The van der Waals surface area contributed by atoms with Crippen LogP contribution in [0.15, 0.2) is 34.8 Å². The average molecular weight is 453 g/mol. The fraction of sp³-hybridized carbons (Fsp3) is 0.500. The molecular formula is C24H28N4O5. The molecule has 174 valence electrons. The van der Waals surface area contributed by atoms with Crippen LogP contribution in [-0.4, -0.2) is 84.6 Å². The van der Waals surface area contributed by atoms with Crippen LogP contribution < -0.4 is 10.5 Å². The fourth-order valence-electron chi connectivity index (χ4n) is 4.89. The summed E-state index contributed by atoms with van der Waals surface area (Å²) in [7, 11) is 0. The number of amides is 1. The van der Waals surface area contributed by atoms with Crippen molar-refractivity contribution in [2.45, 2.75) is 38.0 Å². The molecule has 1 amide bonds. The lowest BCUT2D eigenvalue weighted by Gasteiger charge is -2.29. The van der Waals surface area contributed by atoms with Crippen LogP contribution in [0.5, 0.6) is 5.75 Å². The fourth-order valence-corrected chi connectivity index (χ4v) is 4.89. The molecule has 9 heteroatoms. The van der Waals surface area contributed by atoms with Crippen molar-refractivity contribution >= 4 is 23.2 Å². The summed E-state index contributed by atoms with van der Waals surface area (Å²) >= 11 is 0. The standard InChI is InChI=1S/C24H28N4O5/c25-23-15(12-27-6-8-32-9-7-27)10-16(26-23)14-33-22-3-1-2-18-19(22)13-28(24(18)31)20-5-4-17(29)11-21(20)30/h1-3,10,20,23H,4-9,11-14,25H2. The van der Waals surface area contributed by atoms with E-state index in [-0.39, 0.29) is 36.7 Å². The Bertz CT molecular complexity index is 1040. The van der Waals surface area contributed by atoms with Crippen LogP contribution in [0.25, 0.3) is 0 Å². The maximum Gasteiger partial charge on any atom is 0.255 e. The Balaban J connectivity index is 1.25. The van der Waals surface area contributed by atoms with E-state index in [0.29, 0.717) is 30.7 Å². The van der Waals surface area contributed by atoms with Crippen LogP contribution in [0.4, 0.5) is 0 Å². The first-order valence-electron chi connectivity index (χ1n) is 11.4. The molecule has 33 heavy (non-hydrogen) atoms. The number of ketones is 2. The summed E-state index contributed by atoms with van der Waals surface area (Å²) < 4.78 is 11.5. The molecule has 1 aromatic carbocycles. The Labute approximate surface area is 192 Å². The number of benzene rings is 1. The second-order valence-electron chi connectivity index (χ2n) is 8.91. The molecule has 1 aromatic rings. The van der Waals surface area contributed by atoms with E-state index in [0.717, 1.165) is 49.7 Å². The molecule has 0 spiro atoms. The highest BCUT2D eigenvalue weighted by Gasteiger charge is 2.40. The number of carbonyl (C=O) groups excluding carboxylic acids is 3. The molecule has 0 aromatic heterocycles. The van der Waals surface area contributed by atoms with E-state index in [1.165, 1.54) is 0 Å². The van der Waals surface area contributed by atoms with Crippen molar-refractivity contribution in [2.75, 3.05) is 39.5 Å². The van der Waals surface area contributed by atoms with Gasteiger partial charge in [-0.25, -0.2) is 0 Å². The van der Waals surface area contributed by atoms with Crippen LogP contribution in [0.2, 0.25) is 0 Å². The quantitative estimate of drug-likeness (QED) is 0.632. The maximum atomic E-state index is 13.0. The summed E-state index contributed by atoms with van der Waals surface area (Å²) in [6, 6.07) is 4.82. The third-order valence-electron chi connectivity index (χ3n) is 6.69. The van der Waals surface area contributed by atoms with E-state index in [1.54, 1.807) is 17.0 Å². The predicted octanol–water partition coefficient (Wildman–Crippen LogP) is 0.710. The average Bonchev–Trinajstić information content (AvgIpc) is 3.33. The van der Waals surface area contributed by atoms with E-state index in [4.69, 9.17) is 15.2 Å². The van der Waals surface area contributed by atoms with E-state index < -0.39 is 6.04 Å². The molecule has 1 saturated heterocycles. The number of nitrogens with two attached hydrogens (primary N) is 1. The molecule has 1 aliphatic carbocycles. The smallest absolute Gasteiger partial charge is 0.255 e. The number of Topliss-reactive ketones (excluding diaryl/α,β-unsaturated/α-hetero) is 2. The minimum Gasteiger partial charge on any atom is -0.487 e. The summed E-state index contributed by atoms with van der Waals surface area (Å²) in [6.45, 7) is 4.55. The molecule has 2 fully saturated rings. The maximum absolute atomic E-state index is 13.0. The van der Waals surface area contributed by atoms with Crippen molar-refractivity contribution in [3.8, 4) is 5.75 Å². The number of carbonyl (C=O) groups is 3. The van der Waals surface area contributed by atoms with Crippen molar-refractivity contribution in [3.05, 3.63) is 41.0 Å². The van der Waals surface area contributed by atoms with Gasteiger partial charge in [-0.05, 0) is 30.2 Å². The molecule has 9 nitrogen and oxygen atoms in total. The molecule has 0 radical (unpaired) electrons. The topological polar surface area (TPSA) is 115 Å². The van der Waals surface area contributed by atoms with Gasteiger partial charge in [0.05, 0.1) is 37.9 Å². The van der Waals surface area contributed by atoms with Gasteiger partial charge in [0.15, 0.2) is 5.78 Å². The van der Waals surface area contributed by atoms with E-state index in [1.807, 2.05) is 12.1 Å². The van der Waals surface area contributed by atoms with Gasteiger partial charge in [-0.2, -0.15) is 0 Å². The van der Waals surface area contributed by atoms with Gasteiger partial charge in [0.2, 0.25) is 0 Å². The Morgan fingerprint density at radius 3 is 2.79 bits per heavy atom. The Morgan fingerprint density at radius 2 is 2.00 bits per heavy atom. The van der Waals surface area contributed by atoms with Crippen LogP contribution in [0.1, 0.15) is 35.2 Å². The lowest BCUT2D eigenvalue weighted by Crippen LogP contribution is -2.44. The third-order valence-corrected chi connectivity index (χ3v) is 6.69. The zero-order chi connectivity index (χ0) is 22.9. The number of hydrogen-bond acceptors (Lipinski definition) is 8. The highest BCUT2D eigenvalue weighted by molar-refractivity contribution is 6.07. The van der Waals surface area contributed by atoms with Crippen molar-refractivity contribution in [2.24, 2.45) is 10.7 Å². The minimum atomic E-state index is -0.543. The van der Waals surface area contributed by atoms with Gasteiger partial charge in [0.1, 0.15) is 24.3 Å². The monoisotopic (exact) mass is 452 g/mol. The lowest BCUT2D eigenvalue weighted by atomic mass is 9.92. The van der Waals surface area contributed by atoms with Crippen molar-refractivity contribution in [1.29, 1.82) is 0 Å². The van der Waals surface area contributed by atoms with E-state index in [2.05, 4.69) is 9.89 Å². The summed E-state index contributed by atoms with van der Waals surface area (Å²) in [5, 5.41) is 0. The summed E-state index contributed by atoms with van der Waals surface area (Å²) in [4.78, 5) is 45.4. The van der Waals surface area contributed by atoms with Crippen LogP contribution in [-0.2, 0) is 20.9 Å². The third kappa shape index (κ3) is 4.48. The summed E-state index contributed by atoms with van der Waals surface area (Å²) in [5.74, 6) is 0.188. The van der Waals surface area contributed by atoms with Crippen molar-refractivity contribution in [1.82, 2.24) is 9.80 Å². The van der Waals surface area contributed by atoms with E-state index >= 15 is 0 Å².